The molecule has 1 aliphatic rings. The van der Waals surface area contributed by atoms with Crippen LogP contribution in [0.3, 0.4) is 0 Å². The maximum Gasteiger partial charge on any atom is 0.297 e. The largest absolute Gasteiger partial charge is 0.477 e. The second-order valence-electron chi connectivity index (χ2n) is 5.04. The van der Waals surface area contributed by atoms with Gasteiger partial charge in [0.1, 0.15) is 5.75 Å². The molecule has 0 bridgehead atoms. The second-order valence-corrected chi connectivity index (χ2v) is 6.87. The van der Waals surface area contributed by atoms with Crippen LogP contribution in [0.4, 0.5) is 0 Å². The summed E-state index contributed by atoms with van der Waals surface area (Å²) in [5.74, 6) is 2.78. The van der Waals surface area contributed by atoms with Crippen molar-refractivity contribution in [3.63, 3.8) is 0 Å². The summed E-state index contributed by atoms with van der Waals surface area (Å²) in [6.07, 6.45) is 0.0581. The van der Waals surface area contributed by atoms with Crippen LogP contribution < -0.4 is 9.47 Å². The van der Waals surface area contributed by atoms with E-state index in [0.717, 1.165) is 17.3 Å². The second kappa shape index (κ2) is 4.64. The molecule has 0 fully saturated rings. The van der Waals surface area contributed by atoms with Gasteiger partial charge in [-0.05, 0) is 36.8 Å². The zero-order valence-corrected chi connectivity index (χ0v) is 12.4. The SMILES string of the molecule is CC[SH+]C1(C)Oc2cc3ccccc3cc2OC1C. The van der Waals surface area contributed by atoms with Crippen LogP contribution in [0.15, 0.2) is 36.4 Å². The molecule has 0 aliphatic carbocycles. The fourth-order valence-corrected chi connectivity index (χ4v) is 3.55. The highest BCUT2D eigenvalue weighted by molar-refractivity contribution is 7.79. The molecule has 100 valence electrons. The van der Waals surface area contributed by atoms with E-state index in [2.05, 4.69) is 45.0 Å². The molecule has 19 heavy (non-hydrogen) atoms. The van der Waals surface area contributed by atoms with Gasteiger partial charge in [0.15, 0.2) is 17.6 Å². The average molecular weight is 275 g/mol. The van der Waals surface area contributed by atoms with Crippen LogP contribution in [-0.2, 0) is 11.8 Å². The van der Waals surface area contributed by atoms with E-state index < -0.39 is 0 Å². The summed E-state index contributed by atoms with van der Waals surface area (Å²) in [5, 5.41) is 2.38. The predicted octanol–water partition coefficient (Wildman–Crippen LogP) is 3.55. The van der Waals surface area contributed by atoms with E-state index in [-0.39, 0.29) is 11.0 Å². The zero-order valence-electron chi connectivity index (χ0n) is 11.5. The monoisotopic (exact) mass is 275 g/mol. The summed E-state index contributed by atoms with van der Waals surface area (Å²) in [7, 11) is 0. The smallest absolute Gasteiger partial charge is 0.297 e. The molecule has 1 aliphatic heterocycles. The molecule has 2 nitrogen and oxygen atoms in total. The first-order valence-electron chi connectivity index (χ1n) is 6.69. The van der Waals surface area contributed by atoms with Gasteiger partial charge < -0.3 is 9.47 Å². The molecule has 1 heterocycles. The van der Waals surface area contributed by atoms with Gasteiger partial charge in [0.05, 0.1) is 0 Å². The van der Waals surface area contributed by atoms with Crippen molar-refractivity contribution in [1.29, 1.82) is 0 Å². The van der Waals surface area contributed by atoms with Crippen molar-refractivity contribution >= 4 is 22.5 Å². The molecule has 3 heteroatoms. The first-order valence-corrected chi connectivity index (χ1v) is 7.77. The van der Waals surface area contributed by atoms with E-state index in [1.54, 1.807) is 0 Å². The molecular weight excluding hydrogens is 256 g/mol. The minimum atomic E-state index is -0.260. The summed E-state index contributed by atoms with van der Waals surface area (Å²) in [6.45, 7) is 6.38. The molecule has 0 N–H and O–H groups in total. The maximum atomic E-state index is 6.24. The lowest BCUT2D eigenvalue weighted by molar-refractivity contribution is 0.0182. The summed E-state index contributed by atoms with van der Waals surface area (Å²) in [6, 6.07) is 12.4. The molecule has 3 rings (SSSR count). The van der Waals surface area contributed by atoms with E-state index in [1.807, 2.05) is 12.1 Å². The number of thiol groups is 1. The first kappa shape index (κ1) is 12.7. The highest BCUT2D eigenvalue weighted by atomic mass is 32.2. The first-order chi connectivity index (χ1) is 9.12. The fourth-order valence-electron chi connectivity index (χ4n) is 2.45. The van der Waals surface area contributed by atoms with Crippen LogP contribution in [0.5, 0.6) is 11.5 Å². The third kappa shape index (κ3) is 2.16. The predicted molar refractivity (Wildman–Crippen MR) is 82.4 cm³/mol. The van der Waals surface area contributed by atoms with Crippen molar-refractivity contribution in [3.8, 4) is 11.5 Å². The average Bonchev–Trinajstić information content (AvgIpc) is 2.38. The lowest BCUT2D eigenvalue weighted by atomic mass is 10.1. The number of fused-ring (bicyclic) bond motifs is 2. The minimum Gasteiger partial charge on any atom is -0.477 e. The van der Waals surface area contributed by atoms with E-state index in [1.165, 1.54) is 22.5 Å². The molecule has 2 aromatic rings. The molecular formula is C16H19O2S+. The standard InChI is InChI=1S/C16H18O2S/c1-4-19-16(3)11(2)17-14-9-12-7-5-6-8-13(12)10-15(14)18-16/h5-11H,4H2,1-3H3/p+1. The van der Waals surface area contributed by atoms with Gasteiger partial charge in [-0.25, -0.2) is 0 Å². The van der Waals surface area contributed by atoms with Crippen molar-refractivity contribution in [3.05, 3.63) is 36.4 Å². The summed E-state index contributed by atoms with van der Waals surface area (Å²) in [4.78, 5) is -0.260. The minimum absolute atomic E-state index is 0.0581. The van der Waals surface area contributed by atoms with Crippen molar-refractivity contribution < 1.29 is 9.47 Å². The van der Waals surface area contributed by atoms with Crippen molar-refractivity contribution in [2.75, 3.05) is 5.75 Å². The van der Waals surface area contributed by atoms with Gasteiger partial charge in [-0.15, -0.1) is 0 Å². The van der Waals surface area contributed by atoms with Crippen LogP contribution >= 0.6 is 0 Å². The molecule has 0 amide bonds. The highest BCUT2D eigenvalue weighted by Crippen LogP contribution is 2.41. The van der Waals surface area contributed by atoms with Crippen molar-refractivity contribution in [1.82, 2.24) is 0 Å². The number of benzene rings is 2. The Balaban J connectivity index is 2.06. The Morgan fingerprint density at radius 1 is 1.16 bits per heavy atom. The van der Waals surface area contributed by atoms with Crippen LogP contribution in [0, 0.1) is 0 Å². The van der Waals surface area contributed by atoms with Crippen molar-refractivity contribution in [2.45, 2.75) is 31.8 Å². The Kier molecular flexibility index (Phi) is 3.09. The number of hydrogen-bond acceptors (Lipinski definition) is 2. The van der Waals surface area contributed by atoms with Crippen LogP contribution in [0.1, 0.15) is 20.8 Å². The molecule has 2 unspecified atom stereocenters. The van der Waals surface area contributed by atoms with Gasteiger partial charge in [0, 0.05) is 18.7 Å². The van der Waals surface area contributed by atoms with E-state index in [4.69, 9.17) is 9.47 Å². The molecule has 0 saturated heterocycles. The van der Waals surface area contributed by atoms with E-state index in [0.29, 0.717) is 0 Å². The molecule has 2 aromatic carbocycles. The van der Waals surface area contributed by atoms with Gasteiger partial charge in [-0.2, -0.15) is 0 Å². The Bertz CT molecular complexity index is 611. The molecule has 2 atom stereocenters. The van der Waals surface area contributed by atoms with E-state index in [9.17, 15) is 0 Å². The van der Waals surface area contributed by atoms with Gasteiger partial charge in [0.25, 0.3) is 4.93 Å². The van der Waals surface area contributed by atoms with Gasteiger partial charge >= 0.3 is 0 Å². The third-order valence-corrected chi connectivity index (χ3v) is 5.06. The third-order valence-electron chi connectivity index (χ3n) is 3.66. The van der Waals surface area contributed by atoms with Crippen molar-refractivity contribution in [2.24, 2.45) is 0 Å². The Morgan fingerprint density at radius 2 is 1.79 bits per heavy atom. The fraction of sp³-hybridized carbons (Fsp3) is 0.375. The Morgan fingerprint density at radius 3 is 2.42 bits per heavy atom. The summed E-state index contributed by atoms with van der Waals surface area (Å²) in [5.41, 5.74) is 0. The summed E-state index contributed by atoms with van der Waals surface area (Å²) < 4.78 is 12.3. The number of hydrogen-bond donors (Lipinski definition) is 0. The molecule has 0 saturated carbocycles. The van der Waals surface area contributed by atoms with E-state index >= 15 is 0 Å². The molecule has 0 spiro atoms. The molecule has 0 radical (unpaired) electrons. The zero-order chi connectivity index (χ0) is 13.5. The Labute approximate surface area is 118 Å². The lowest BCUT2D eigenvalue weighted by Crippen LogP contribution is -2.50. The van der Waals surface area contributed by atoms with Crippen LogP contribution in [-0.4, -0.2) is 16.8 Å². The Hall–Kier alpha value is -1.35. The maximum absolute atomic E-state index is 6.24. The van der Waals surface area contributed by atoms with Crippen LogP contribution in [0.25, 0.3) is 10.8 Å². The number of ether oxygens (including phenoxy) is 2. The van der Waals surface area contributed by atoms with Gasteiger partial charge in [-0.1, -0.05) is 24.3 Å². The topological polar surface area (TPSA) is 18.5 Å². The quantitative estimate of drug-likeness (QED) is 0.616. The normalized spacial score (nSPS) is 25.5. The lowest BCUT2D eigenvalue weighted by Gasteiger charge is -2.35. The highest BCUT2D eigenvalue weighted by Gasteiger charge is 2.46. The van der Waals surface area contributed by atoms with Crippen LogP contribution in [0.2, 0.25) is 0 Å². The molecule has 0 aromatic heterocycles. The number of rotatable bonds is 2. The summed E-state index contributed by atoms with van der Waals surface area (Å²) >= 11 is 1.26. The van der Waals surface area contributed by atoms with Gasteiger partial charge in [0.2, 0.25) is 0 Å². The van der Waals surface area contributed by atoms with Gasteiger partial charge in [-0.3, -0.25) is 0 Å².